The van der Waals surface area contributed by atoms with Crippen molar-refractivity contribution in [3.05, 3.63) is 87.0 Å². The van der Waals surface area contributed by atoms with Gasteiger partial charge in [0.05, 0.1) is 10.5 Å². The van der Waals surface area contributed by atoms with Gasteiger partial charge in [-0.3, -0.25) is 19.7 Å². The number of phenolic OH excluding ortho intramolecular Hbond substituents is 2. The van der Waals surface area contributed by atoms with Gasteiger partial charge in [0.2, 0.25) is 5.78 Å². The quantitative estimate of drug-likeness (QED) is 0.283. The Labute approximate surface area is 157 Å². The number of rotatable bonds is 3. The third kappa shape index (κ3) is 2.47. The average Bonchev–Trinajstić information content (AvgIpc) is 2.69. The molecule has 8 heteroatoms. The lowest BCUT2D eigenvalue weighted by atomic mass is 9.82. The number of phenols is 2. The Morgan fingerprint density at radius 1 is 0.857 bits per heavy atom. The zero-order valence-electron chi connectivity index (χ0n) is 14.2. The number of hydrogen-bond donors (Lipinski definition) is 3. The number of benzene rings is 3. The molecule has 0 bridgehead atoms. The minimum atomic E-state index is -0.856. The summed E-state index contributed by atoms with van der Waals surface area (Å²) in [5.41, 5.74) is -1.30. The maximum Gasteiger partial charge on any atom is 0.281 e. The number of anilines is 2. The number of nitrogens with one attached hydrogen (secondary N) is 1. The Morgan fingerprint density at radius 2 is 1.57 bits per heavy atom. The Kier molecular flexibility index (Phi) is 3.82. The lowest BCUT2D eigenvalue weighted by Gasteiger charge is -2.21. The molecule has 138 valence electrons. The molecule has 0 heterocycles. The molecule has 28 heavy (non-hydrogen) atoms. The van der Waals surface area contributed by atoms with E-state index in [2.05, 4.69) is 5.32 Å². The second-order valence-corrected chi connectivity index (χ2v) is 6.15. The van der Waals surface area contributed by atoms with Crippen molar-refractivity contribution in [1.29, 1.82) is 0 Å². The van der Waals surface area contributed by atoms with Crippen LogP contribution in [0.5, 0.6) is 11.5 Å². The molecule has 1 aliphatic rings. The second kappa shape index (κ2) is 6.20. The highest BCUT2D eigenvalue weighted by Gasteiger charge is 2.38. The van der Waals surface area contributed by atoms with Gasteiger partial charge in [-0.05, 0) is 24.3 Å². The van der Waals surface area contributed by atoms with Gasteiger partial charge in [0.25, 0.3) is 5.69 Å². The van der Waals surface area contributed by atoms with Crippen molar-refractivity contribution >= 4 is 28.6 Å². The molecule has 3 aromatic rings. The van der Waals surface area contributed by atoms with E-state index in [9.17, 15) is 29.9 Å². The summed E-state index contributed by atoms with van der Waals surface area (Å²) >= 11 is 0. The predicted octanol–water partition coefficient (Wildman–Crippen LogP) is 3.53. The van der Waals surface area contributed by atoms with Gasteiger partial charge in [0, 0.05) is 22.9 Å². The molecule has 0 saturated carbocycles. The molecule has 3 aromatic carbocycles. The van der Waals surface area contributed by atoms with Crippen LogP contribution in [0, 0.1) is 10.1 Å². The van der Waals surface area contributed by atoms with E-state index in [1.54, 1.807) is 30.3 Å². The highest BCUT2D eigenvalue weighted by atomic mass is 16.6. The van der Waals surface area contributed by atoms with Gasteiger partial charge >= 0.3 is 0 Å². The third-order valence-corrected chi connectivity index (χ3v) is 4.51. The SMILES string of the molecule is O=C1c2cccc([N+](=O)[O-])c2C(=O)c2c1cc(O)c(Nc1ccccc1)c2O. The van der Waals surface area contributed by atoms with Crippen molar-refractivity contribution in [3.8, 4) is 11.5 Å². The fraction of sp³-hybridized carbons (Fsp3) is 0. The summed E-state index contributed by atoms with van der Waals surface area (Å²) in [5.74, 6) is -2.63. The molecule has 0 aromatic heterocycles. The molecule has 0 amide bonds. The predicted molar refractivity (Wildman–Crippen MR) is 99.5 cm³/mol. The summed E-state index contributed by atoms with van der Waals surface area (Å²) in [7, 11) is 0. The molecule has 0 radical (unpaired) electrons. The molecule has 0 fully saturated rings. The van der Waals surface area contributed by atoms with Crippen molar-refractivity contribution < 1.29 is 24.7 Å². The van der Waals surface area contributed by atoms with Crippen LogP contribution in [0.4, 0.5) is 17.1 Å². The number of ketones is 2. The molecule has 1 aliphatic carbocycles. The van der Waals surface area contributed by atoms with Gasteiger partial charge in [0.15, 0.2) is 11.5 Å². The number of fused-ring (bicyclic) bond motifs is 2. The van der Waals surface area contributed by atoms with Gasteiger partial charge in [-0.1, -0.05) is 24.3 Å². The number of carbonyl (C=O) groups excluding carboxylic acids is 2. The van der Waals surface area contributed by atoms with E-state index in [0.29, 0.717) is 5.69 Å². The zero-order chi connectivity index (χ0) is 20.0. The van der Waals surface area contributed by atoms with Gasteiger partial charge in [-0.25, -0.2) is 0 Å². The first-order chi connectivity index (χ1) is 13.4. The van der Waals surface area contributed by atoms with Crippen molar-refractivity contribution in [3.63, 3.8) is 0 Å². The smallest absolute Gasteiger partial charge is 0.281 e. The topological polar surface area (TPSA) is 130 Å². The Bertz CT molecular complexity index is 1170. The summed E-state index contributed by atoms with van der Waals surface area (Å²) in [5, 5.41) is 35.1. The van der Waals surface area contributed by atoms with Crippen molar-refractivity contribution in [1.82, 2.24) is 0 Å². The number of nitrogens with zero attached hydrogens (tertiary/aromatic N) is 1. The molecule has 0 spiro atoms. The molecule has 0 aliphatic heterocycles. The number of nitro benzene ring substituents is 1. The van der Waals surface area contributed by atoms with E-state index in [-0.39, 0.29) is 27.9 Å². The largest absolute Gasteiger partial charge is 0.506 e. The number of para-hydroxylation sites is 1. The van der Waals surface area contributed by atoms with E-state index in [1.807, 2.05) is 0 Å². The molecule has 0 atom stereocenters. The van der Waals surface area contributed by atoms with Crippen LogP contribution in [-0.4, -0.2) is 26.7 Å². The lowest BCUT2D eigenvalue weighted by Crippen LogP contribution is -2.22. The van der Waals surface area contributed by atoms with E-state index in [4.69, 9.17) is 0 Å². The number of aromatic hydroxyl groups is 2. The van der Waals surface area contributed by atoms with Crippen LogP contribution in [0.2, 0.25) is 0 Å². The molecule has 0 unspecified atom stereocenters. The molecule has 8 nitrogen and oxygen atoms in total. The normalized spacial score (nSPS) is 12.3. The number of hydrogen-bond acceptors (Lipinski definition) is 7. The highest BCUT2D eigenvalue weighted by molar-refractivity contribution is 6.31. The molecule has 4 rings (SSSR count). The monoisotopic (exact) mass is 376 g/mol. The second-order valence-electron chi connectivity index (χ2n) is 6.15. The Hall–Kier alpha value is -4.20. The van der Waals surface area contributed by atoms with Crippen LogP contribution in [-0.2, 0) is 0 Å². The van der Waals surface area contributed by atoms with E-state index < -0.39 is 33.7 Å². The van der Waals surface area contributed by atoms with Gasteiger partial charge < -0.3 is 15.5 Å². The van der Waals surface area contributed by atoms with E-state index in [1.165, 1.54) is 12.1 Å². The fourth-order valence-electron chi connectivity index (χ4n) is 3.24. The fourth-order valence-corrected chi connectivity index (χ4v) is 3.24. The number of carbonyl (C=O) groups is 2. The van der Waals surface area contributed by atoms with Crippen molar-refractivity contribution in [2.75, 3.05) is 5.32 Å². The maximum atomic E-state index is 13.0. The Morgan fingerprint density at radius 3 is 2.25 bits per heavy atom. The van der Waals surface area contributed by atoms with Crippen LogP contribution >= 0.6 is 0 Å². The van der Waals surface area contributed by atoms with Crippen LogP contribution in [0.15, 0.2) is 54.6 Å². The number of nitro groups is 1. The molecular weight excluding hydrogens is 364 g/mol. The minimum Gasteiger partial charge on any atom is -0.506 e. The van der Waals surface area contributed by atoms with Gasteiger partial charge in [-0.2, -0.15) is 0 Å². The minimum absolute atomic E-state index is 0.144. The standard InChI is InChI=1S/C20H12N2O6/c23-14-9-12-16(20(26)17(14)21-10-5-2-1-3-6-10)19(25)15-11(18(12)24)7-4-8-13(15)22(27)28/h1-9,21,23,26H. The van der Waals surface area contributed by atoms with Gasteiger partial charge in [-0.15, -0.1) is 0 Å². The van der Waals surface area contributed by atoms with Crippen LogP contribution in [0.3, 0.4) is 0 Å². The summed E-state index contributed by atoms with van der Waals surface area (Å²) in [6, 6.07) is 13.4. The summed E-state index contributed by atoms with van der Waals surface area (Å²) in [6.45, 7) is 0. The first kappa shape index (κ1) is 17.2. The first-order valence-electron chi connectivity index (χ1n) is 8.18. The maximum absolute atomic E-state index is 13.0. The van der Waals surface area contributed by atoms with Gasteiger partial charge in [0.1, 0.15) is 17.0 Å². The average molecular weight is 376 g/mol. The molecule has 3 N–H and O–H groups in total. The first-order valence-corrected chi connectivity index (χ1v) is 8.18. The Balaban J connectivity index is 1.93. The molecular formula is C20H12N2O6. The highest BCUT2D eigenvalue weighted by Crippen LogP contribution is 2.45. The van der Waals surface area contributed by atoms with Crippen LogP contribution < -0.4 is 5.32 Å². The van der Waals surface area contributed by atoms with Crippen molar-refractivity contribution in [2.45, 2.75) is 0 Å². The molecule has 0 saturated heterocycles. The van der Waals surface area contributed by atoms with E-state index >= 15 is 0 Å². The van der Waals surface area contributed by atoms with E-state index in [0.717, 1.165) is 12.1 Å². The summed E-state index contributed by atoms with van der Waals surface area (Å²) in [4.78, 5) is 36.3. The van der Waals surface area contributed by atoms with Crippen LogP contribution in [0.1, 0.15) is 31.8 Å². The van der Waals surface area contributed by atoms with Crippen molar-refractivity contribution in [2.24, 2.45) is 0 Å². The summed E-state index contributed by atoms with van der Waals surface area (Å²) < 4.78 is 0. The lowest BCUT2D eigenvalue weighted by molar-refractivity contribution is -0.385. The summed E-state index contributed by atoms with van der Waals surface area (Å²) in [6.07, 6.45) is 0. The van der Waals surface area contributed by atoms with Crippen LogP contribution in [0.25, 0.3) is 0 Å². The zero-order valence-corrected chi connectivity index (χ0v) is 14.2. The third-order valence-electron chi connectivity index (χ3n) is 4.51.